The topological polar surface area (TPSA) is 33.1 Å². The Morgan fingerprint density at radius 3 is 2.70 bits per heavy atom. The van der Waals surface area contributed by atoms with Crippen LogP contribution in [0.5, 0.6) is 0 Å². The van der Waals surface area contributed by atoms with E-state index in [1.807, 2.05) is 0 Å². The van der Waals surface area contributed by atoms with E-state index in [4.69, 9.17) is 4.98 Å². The average molecular weight is 278 g/mol. The molecule has 2 rings (SSSR count). The highest BCUT2D eigenvalue weighted by atomic mass is 15.2. The maximum Gasteiger partial charge on any atom is 0.203 e. The van der Waals surface area contributed by atoms with Crippen LogP contribution in [-0.4, -0.2) is 41.1 Å². The lowest BCUT2D eigenvalue weighted by Gasteiger charge is -2.25. The van der Waals surface area contributed by atoms with Gasteiger partial charge in [-0.15, -0.1) is 0 Å². The maximum atomic E-state index is 4.69. The van der Waals surface area contributed by atoms with Crippen molar-refractivity contribution in [1.82, 2.24) is 14.5 Å². The van der Waals surface area contributed by atoms with Gasteiger partial charge in [0.2, 0.25) is 5.95 Å². The van der Waals surface area contributed by atoms with Crippen molar-refractivity contribution >= 4 is 5.95 Å². The Bertz CT molecular complexity index is 405. The molecule has 20 heavy (non-hydrogen) atoms. The standard InChI is InChI=1S/C16H30N4/c1-13-12-20(14(2)10-11-19(3)4)16(17-13)18-15-8-6-5-7-9-15/h12,14-15H,5-11H2,1-4H3,(H,17,18). The summed E-state index contributed by atoms with van der Waals surface area (Å²) in [6.45, 7) is 5.49. The average Bonchev–Trinajstić information content (AvgIpc) is 2.78. The quantitative estimate of drug-likeness (QED) is 0.865. The van der Waals surface area contributed by atoms with Gasteiger partial charge in [-0.05, 0) is 53.8 Å². The fourth-order valence-corrected chi connectivity index (χ4v) is 2.97. The van der Waals surface area contributed by atoms with E-state index in [9.17, 15) is 0 Å². The van der Waals surface area contributed by atoms with Gasteiger partial charge in [0, 0.05) is 18.3 Å². The molecule has 1 atom stereocenters. The third kappa shape index (κ3) is 4.23. The number of aromatic nitrogens is 2. The Morgan fingerprint density at radius 1 is 1.35 bits per heavy atom. The summed E-state index contributed by atoms with van der Waals surface area (Å²) < 4.78 is 2.33. The van der Waals surface area contributed by atoms with Crippen molar-refractivity contribution in [3.63, 3.8) is 0 Å². The molecule has 1 unspecified atom stereocenters. The summed E-state index contributed by atoms with van der Waals surface area (Å²) in [4.78, 5) is 6.94. The minimum Gasteiger partial charge on any atom is -0.353 e. The van der Waals surface area contributed by atoms with Gasteiger partial charge in [-0.25, -0.2) is 4.98 Å². The van der Waals surface area contributed by atoms with E-state index in [0.717, 1.165) is 24.6 Å². The van der Waals surface area contributed by atoms with E-state index < -0.39 is 0 Å². The molecule has 1 N–H and O–H groups in total. The van der Waals surface area contributed by atoms with Gasteiger partial charge in [-0.1, -0.05) is 19.3 Å². The van der Waals surface area contributed by atoms with Crippen molar-refractivity contribution in [3.05, 3.63) is 11.9 Å². The van der Waals surface area contributed by atoms with Gasteiger partial charge >= 0.3 is 0 Å². The van der Waals surface area contributed by atoms with E-state index >= 15 is 0 Å². The lowest BCUT2D eigenvalue weighted by molar-refractivity contribution is 0.358. The number of aryl methyl sites for hydroxylation is 1. The molecule has 1 fully saturated rings. The van der Waals surface area contributed by atoms with Gasteiger partial charge in [0.05, 0.1) is 5.69 Å². The molecule has 0 amide bonds. The van der Waals surface area contributed by atoms with Crippen molar-refractivity contribution in [1.29, 1.82) is 0 Å². The number of nitrogens with one attached hydrogen (secondary N) is 1. The number of imidazole rings is 1. The molecular formula is C16H30N4. The Morgan fingerprint density at radius 2 is 2.05 bits per heavy atom. The normalized spacial score (nSPS) is 18.4. The van der Waals surface area contributed by atoms with E-state index in [1.54, 1.807) is 0 Å². The van der Waals surface area contributed by atoms with E-state index in [-0.39, 0.29) is 0 Å². The van der Waals surface area contributed by atoms with Gasteiger partial charge in [0.15, 0.2) is 0 Å². The van der Waals surface area contributed by atoms with Gasteiger partial charge in [-0.2, -0.15) is 0 Å². The summed E-state index contributed by atoms with van der Waals surface area (Å²) >= 11 is 0. The monoisotopic (exact) mass is 278 g/mol. The van der Waals surface area contributed by atoms with E-state index in [0.29, 0.717) is 12.1 Å². The number of rotatable bonds is 6. The Balaban J connectivity index is 2.00. The molecule has 4 nitrogen and oxygen atoms in total. The lowest BCUT2D eigenvalue weighted by atomic mass is 9.96. The third-order valence-electron chi connectivity index (χ3n) is 4.26. The number of hydrogen-bond acceptors (Lipinski definition) is 3. The fraction of sp³-hybridized carbons (Fsp3) is 0.812. The molecule has 4 heteroatoms. The predicted octanol–water partition coefficient (Wildman–Crippen LogP) is 3.45. The molecule has 0 aromatic carbocycles. The predicted molar refractivity (Wildman–Crippen MR) is 85.3 cm³/mol. The summed E-state index contributed by atoms with van der Waals surface area (Å²) in [5.74, 6) is 1.07. The minimum absolute atomic E-state index is 0.490. The lowest BCUT2D eigenvalue weighted by Crippen LogP contribution is -2.25. The molecule has 1 aliphatic carbocycles. The zero-order valence-electron chi connectivity index (χ0n) is 13.5. The van der Waals surface area contributed by atoms with Crippen molar-refractivity contribution in [3.8, 4) is 0 Å². The van der Waals surface area contributed by atoms with Crippen LogP contribution in [0.4, 0.5) is 5.95 Å². The number of anilines is 1. The molecule has 0 aliphatic heterocycles. The van der Waals surface area contributed by atoms with Gasteiger partial charge in [0.1, 0.15) is 0 Å². The first-order chi connectivity index (χ1) is 9.56. The highest BCUT2D eigenvalue weighted by Gasteiger charge is 2.18. The minimum atomic E-state index is 0.490. The number of hydrogen-bond donors (Lipinski definition) is 1. The van der Waals surface area contributed by atoms with Crippen LogP contribution in [0.15, 0.2) is 6.20 Å². The molecule has 0 saturated heterocycles. The van der Waals surface area contributed by atoms with Crippen LogP contribution in [-0.2, 0) is 0 Å². The molecular weight excluding hydrogens is 248 g/mol. The van der Waals surface area contributed by atoms with Gasteiger partial charge < -0.3 is 14.8 Å². The summed E-state index contributed by atoms with van der Waals surface area (Å²) in [6, 6.07) is 1.11. The van der Waals surface area contributed by atoms with Gasteiger partial charge in [0.25, 0.3) is 0 Å². The summed E-state index contributed by atoms with van der Waals surface area (Å²) in [5.41, 5.74) is 1.11. The molecule has 0 bridgehead atoms. The molecule has 1 aromatic heterocycles. The summed E-state index contributed by atoms with van der Waals surface area (Å²) in [7, 11) is 4.26. The fourth-order valence-electron chi connectivity index (χ4n) is 2.97. The highest BCUT2D eigenvalue weighted by Crippen LogP contribution is 2.24. The van der Waals surface area contributed by atoms with Crippen LogP contribution in [0.25, 0.3) is 0 Å². The Kier molecular flexibility index (Phi) is 5.46. The van der Waals surface area contributed by atoms with Crippen LogP contribution >= 0.6 is 0 Å². The molecule has 0 radical (unpaired) electrons. The zero-order valence-corrected chi connectivity index (χ0v) is 13.5. The second-order valence-corrected chi connectivity index (χ2v) is 6.53. The van der Waals surface area contributed by atoms with Crippen molar-refractivity contribution < 1.29 is 0 Å². The van der Waals surface area contributed by atoms with Crippen LogP contribution < -0.4 is 5.32 Å². The molecule has 1 aromatic rings. The zero-order chi connectivity index (χ0) is 14.5. The van der Waals surface area contributed by atoms with Crippen LogP contribution in [0.3, 0.4) is 0 Å². The number of nitrogens with zero attached hydrogens (tertiary/aromatic N) is 3. The first-order valence-electron chi connectivity index (χ1n) is 8.03. The molecule has 0 spiro atoms. The second kappa shape index (κ2) is 7.11. The third-order valence-corrected chi connectivity index (χ3v) is 4.26. The van der Waals surface area contributed by atoms with Crippen molar-refractivity contribution in [2.24, 2.45) is 0 Å². The Labute approximate surface area is 123 Å². The Hall–Kier alpha value is -1.03. The van der Waals surface area contributed by atoms with E-state index in [2.05, 4.69) is 48.9 Å². The molecule has 114 valence electrons. The van der Waals surface area contributed by atoms with E-state index in [1.165, 1.54) is 32.1 Å². The molecule has 1 aliphatic rings. The molecule has 1 saturated carbocycles. The second-order valence-electron chi connectivity index (χ2n) is 6.53. The first kappa shape index (κ1) is 15.4. The maximum absolute atomic E-state index is 4.69. The van der Waals surface area contributed by atoms with Crippen LogP contribution in [0.1, 0.15) is 57.2 Å². The highest BCUT2D eigenvalue weighted by molar-refractivity contribution is 5.31. The van der Waals surface area contributed by atoms with Crippen molar-refractivity contribution in [2.75, 3.05) is 26.0 Å². The SMILES string of the molecule is Cc1cn(C(C)CCN(C)C)c(NC2CCCCC2)n1. The van der Waals surface area contributed by atoms with Gasteiger partial charge in [-0.3, -0.25) is 0 Å². The van der Waals surface area contributed by atoms with Crippen LogP contribution in [0, 0.1) is 6.92 Å². The van der Waals surface area contributed by atoms with Crippen LogP contribution in [0.2, 0.25) is 0 Å². The smallest absolute Gasteiger partial charge is 0.203 e. The summed E-state index contributed by atoms with van der Waals surface area (Å²) in [5, 5.41) is 3.68. The largest absolute Gasteiger partial charge is 0.353 e. The molecule has 1 heterocycles. The summed E-state index contributed by atoms with van der Waals surface area (Å²) in [6.07, 6.45) is 10.0. The first-order valence-corrected chi connectivity index (χ1v) is 8.03. The van der Waals surface area contributed by atoms with Crippen molar-refractivity contribution in [2.45, 2.75) is 64.5 Å².